The summed E-state index contributed by atoms with van der Waals surface area (Å²) in [6, 6.07) is 0. The van der Waals surface area contributed by atoms with E-state index >= 15 is 0 Å². The first-order valence-electron chi connectivity index (χ1n) is 5.08. The molecule has 0 saturated carbocycles. The second-order valence-electron chi connectivity index (χ2n) is 3.56. The van der Waals surface area contributed by atoms with E-state index in [9.17, 15) is 20.2 Å². The number of nitrogens with zero attached hydrogens (tertiary/aromatic N) is 8. The van der Waals surface area contributed by atoms with Crippen LogP contribution in [0.1, 0.15) is 0 Å². The largest absolute Gasteiger partial charge is 0.470 e. The lowest BCUT2D eigenvalue weighted by atomic mass is 10.5. The van der Waals surface area contributed by atoms with Gasteiger partial charge >= 0.3 is 11.5 Å². The molecule has 0 aliphatic heterocycles. The maximum atomic E-state index is 10.8. The zero-order valence-electron chi connectivity index (χ0n) is 9.78. The molecule has 14 heteroatoms. The Labute approximate surface area is 109 Å². The average molecular weight is 284 g/mol. The summed E-state index contributed by atoms with van der Waals surface area (Å²) in [6.07, 6.45) is 0. The van der Waals surface area contributed by atoms with Gasteiger partial charge in [-0.15, -0.1) is 4.68 Å². The Bertz CT molecular complexity index is 673. The molecule has 0 aliphatic carbocycles. The van der Waals surface area contributed by atoms with Crippen molar-refractivity contribution in [3.63, 3.8) is 0 Å². The van der Waals surface area contributed by atoms with Gasteiger partial charge in [-0.2, -0.15) is 0 Å². The van der Waals surface area contributed by atoms with Gasteiger partial charge in [0.2, 0.25) is 11.8 Å². The van der Waals surface area contributed by atoms with Gasteiger partial charge in [0.05, 0.1) is 23.1 Å². The number of hydrogen-bond acceptors (Lipinski definition) is 10. The van der Waals surface area contributed by atoms with E-state index in [4.69, 9.17) is 11.5 Å². The van der Waals surface area contributed by atoms with E-state index in [-0.39, 0.29) is 19.0 Å². The van der Waals surface area contributed by atoms with Gasteiger partial charge < -0.3 is 21.6 Å². The normalized spacial score (nSPS) is 10.6. The van der Waals surface area contributed by atoms with Gasteiger partial charge in [0, 0.05) is 0 Å². The van der Waals surface area contributed by atoms with Crippen molar-refractivity contribution in [2.24, 2.45) is 0 Å². The lowest BCUT2D eigenvalue weighted by Crippen LogP contribution is -2.14. The van der Waals surface area contributed by atoms with Crippen LogP contribution in [0.5, 0.6) is 0 Å². The van der Waals surface area contributed by atoms with Crippen LogP contribution >= 0.6 is 0 Å². The molecular weight excluding hydrogens is 276 g/mol. The smallest absolute Gasteiger partial charge is 0.376 e. The van der Waals surface area contributed by atoms with Crippen LogP contribution < -0.4 is 11.5 Å². The van der Waals surface area contributed by atoms with Crippen LogP contribution in [0.3, 0.4) is 0 Å². The topological polar surface area (TPSA) is 200 Å². The molecule has 14 nitrogen and oxygen atoms in total. The zero-order valence-corrected chi connectivity index (χ0v) is 9.78. The molecule has 0 aliphatic rings. The van der Waals surface area contributed by atoms with Gasteiger partial charge in [-0.3, -0.25) is 10.1 Å². The highest BCUT2D eigenvalue weighted by Gasteiger charge is 2.36. The third kappa shape index (κ3) is 2.16. The fourth-order valence-corrected chi connectivity index (χ4v) is 1.48. The van der Waals surface area contributed by atoms with E-state index in [2.05, 4.69) is 20.6 Å². The van der Waals surface area contributed by atoms with Crippen molar-refractivity contribution in [1.82, 2.24) is 30.0 Å². The van der Waals surface area contributed by atoms with Crippen LogP contribution in [0.25, 0.3) is 0 Å². The molecule has 2 rings (SSSR count). The molecule has 4 N–H and O–H groups in total. The van der Waals surface area contributed by atoms with Crippen LogP contribution in [-0.4, -0.2) is 39.8 Å². The van der Waals surface area contributed by atoms with Gasteiger partial charge in [0.1, 0.15) is 0 Å². The number of aryl methyl sites for hydroxylation is 2. The first kappa shape index (κ1) is 13.1. The predicted octanol–water partition coefficient (Wildman–Crippen LogP) is -1.45. The number of hydrogen-bond donors (Lipinski definition) is 2. The number of nitrogens with two attached hydrogens (primary N) is 2. The number of nitrogen functional groups attached to an aromatic ring is 2. The summed E-state index contributed by atoms with van der Waals surface area (Å²) in [5.41, 5.74) is 10.1. The Kier molecular flexibility index (Phi) is 3.11. The number of tetrazole rings is 1. The maximum absolute atomic E-state index is 10.8. The molecule has 0 unspecified atom stereocenters. The summed E-state index contributed by atoms with van der Waals surface area (Å²) >= 11 is 0. The quantitative estimate of drug-likeness (QED) is 0.483. The number of anilines is 2. The first-order chi connectivity index (χ1) is 9.41. The summed E-state index contributed by atoms with van der Waals surface area (Å²) in [6.45, 7) is 0.0782. The van der Waals surface area contributed by atoms with Crippen molar-refractivity contribution in [2.45, 2.75) is 13.1 Å². The van der Waals surface area contributed by atoms with Crippen LogP contribution in [0, 0.1) is 20.2 Å². The minimum Gasteiger partial charge on any atom is -0.376 e. The fraction of sp³-hybridized carbons (Fsp3) is 0.333. The van der Waals surface area contributed by atoms with Crippen molar-refractivity contribution in [3.05, 3.63) is 20.2 Å². The highest BCUT2D eigenvalue weighted by Crippen LogP contribution is 2.31. The van der Waals surface area contributed by atoms with Crippen LogP contribution in [0.4, 0.5) is 23.3 Å². The molecule has 0 amide bonds. The first-order valence-corrected chi connectivity index (χ1v) is 5.08. The predicted molar refractivity (Wildman–Crippen MR) is 62.2 cm³/mol. The van der Waals surface area contributed by atoms with E-state index in [0.29, 0.717) is 0 Å². The molecule has 2 aromatic heterocycles. The van der Waals surface area contributed by atoms with Crippen molar-refractivity contribution in [1.29, 1.82) is 0 Å². The molecule has 20 heavy (non-hydrogen) atoms. The Morgan fingerprint density at radius 3 is 2.20 bits per heavy atom. The molecule has 106 valence electrons. The summed E-state index contributed by atoms with van der Waals surface area (Å²) in [5.74, 6) is -1.31. The van der Waals surface area contributed by atoms with Gasteiger partial charge in [-0.25, -0.2) is 4.68 Å². The maximum Gasteiger partial charge on any atom is 0.470 e. The molecule has 0 bridgehead atoms. The van der Waals surface area contributed by atoms with E-state index in [1.54, 1.807) is 0 Å². The second-order valence-corrected chi connectivity index (χ2v) is 3.56. The molecule has 0 aromatic carbocycles. The summed E-state index contributed by atoms with van der Waals surface area (Å²) in [7, 11) is 0. The summed E-state index contributed by atoms with van der Waals surface area (Å²) < 4.78 is 2.12. The minimum atomic E-state index is -0.976. The van der Waals surface area contributed by atoms with Gasteiger partial charge in [0.15, 0.2) is 0 Å². The van der Waals surface area contributed by atoms with Gasteiger partial charge in [-0.05, 0) is 15.4 Å². The second kappa shape index (κ2) is 4.75. The summed E-state index contributed by atoms with van der Waals surface area (Å²) in [5, 5.41) is 35.2. The number of rotatable bonds is 5. The minimum absolute atomic E-state index is 0.0181. The average Bonchev–Trinajstić information content (AvgIpc) is 2.91. The third-order valence-electron chi connectivity index (χ3n) is 2.39. The summed E-state index contributed by atoms with van der Waals surface area (Å²) in [4.78, 5) is 19.5. The van der Waals surface area contributed by atoms with Crippen molar-refractivity contribution < 1.29 is 9.85 Å². The monoisotopic (exact) mass is 284 g/mol. The number of aromatic nitrogens is 6. The molecule has 0 fully saturated rings. The molecule has 2 aromatic rings. The fourth-order valence-electron chi connectivity index (χ4n) is 1.48. The van der Waals surface area contributed by atoms with Crippen LogP contribution in [0.2, 0.25) is 0 Å². The lowest BCUT2D eigenvalue weighted by molar-refractivity contribution is -0.424. The Morgan fingerprint density at radius 2 is 1.75 bits per heavy atom. The third-order valence-corrected chi connectivity index (χ3v) is 2.39. The SMILES string of the molecule is Nc1nnnn1CCn1nc([N+](=O)[O-])c([N+](=O)[O-])c1N. The van der Waals surface area contributed by atoms with E-state index in [1.165, 1.54) is 4.68 Å². The van der Waals surface area contributed by atoms with E-state index < -0.39 is 27.2 Å². The van der Waals surface area contributed by atoms with Gasteiger partial charge in [0.25, 0.3) is 0 Å². The van der Waals surface area contributed by atoms with Crippen LogP contribution in [0.15, 0.2) is 0 Å². The van der Waals surface area contributed by atoms with Crippen LogP contribution in [-0.2, 0) is 13.1 Å². The van der Waals surface area contributed by atoms with Crippen molar-refractivity contribution in [3.8, 4) is 0 Å². The molecule has 0 saturated heterocycles. The van der Waals surface area contributed by atoms with Crippen molar-refractivity contribution >= 4 is 23.3 Å². The molecule has 0 radical (unpaired) electrons. The molecule has 2 heterocycles. The highest BCUT2D eigenvalue weighted by molar-refractivity contribution is 5.63. The Morgan fingerprint density at radius 1 is 1.10 bits per heavy atom. The molecular formula is C6H8N10O4. The van der Waals surface area contributed by atoms with E-state index in [1.807, 2.05) is 0 Å². The van der Waals surface area contributed by atoms with Gasteiger partial charge in [-0.1, -0.05) is 5.10 Å². The number of nitro groups is 2. The Hall–Kier alpha value is -3.32. The highest BCUT2D eigenvalue weighted by atomic mass is 16.6. The molecule has 0 atom stereocenters. The zero-order chi connectivity index (χ0) is 14.9. The molecule has 0 spiro atoms. The van der Waals surface area contributed by atoms with E-state index in [0.717, 1.165) is 4.68 Å². The Balaban J connectivity index is 2.29. The lowest BCUT2D eigenvalue weighted by Gasteiger charge is -1.99. The standard InChI is InChI=1S/C6H8N10O4/c7-4-3(15(17)18)5(16(19)20)10-13(4)1-2-14-6(8)9-11-12-14/h1-2,7H2,(H2,8,9,12). The van der Waals surface area contributed by atoms with Crippen molar-refractivity contribution in [2.75, 3.05) is 11.5 Å².